The number of carbonyl (C=O) groups excluding carboxylic acids is 1. The lowest BCUT2D eigenvalue weighted by Gasteiger charge is -2.17. The van der Waals surface area contributed by atoms with Crippen molar-refractivity contribution in [3.8, 4) is 11.5 Å². The van der Waals surface area contributed by atoms with Crippen molar-refractivity contribution < 1.29 is 40.6 Å². The Morgan fingerprint density at radius 2 is 1.66 bits per heavy atom. The second-order valence-corrected chi connectivity index (χ2v) is 8.92. The van der Waals surface area contributed by atoms with E-state index in [4.69, 9.17) is 9.47 Å². The van der Waals surface area contributed by atoms with Crippen LogP contribution in [0.4, 0.5) is 31.1 Å². The van der Waals surface area contributed by atoms with Gasteiger partial charge >= 0.3 is 18.4 Å². The van der Waals surface area contributed by atoms with Crippen LogP contribution in [0.3, 0.4) is 0 Å². The topological polar surface area (TPSA) is 63.2 Å². The Balaban J connectivity index is 1.58. The maximum Gasteiger partial charge on any atom is 0.416 e. The van der Waals surface area contributed by atoms with Crippen molar-refractivity contribution >= 4 is 17.9 Å². The summed E-state index contributed by atoms with van der Waals surface area (Å²) in [7, 11) is 1.33. The Labute approximate surface area is 231 Å². The van der Waals surface area contributed by atoms with Crippen LogP contribution in [0, 0.1) is 0 Å². The van der Waals surface area contributed by atoms with Gasteiger partial charge in [0.1, 0.15) is 6.61 Å². The number of likely N-dealkylation sites (N-methyl/N-ethyl adjacent to an activating group) is 1. The summed E-state index contributed by atoms with van der Waals surface area (Å²) in [4.78, 5) is 18.6. The molecule has 1 saturated heterocycles. The van der Waals surface area contributed by atoms with E-state index in [-0.39, 0.29) is 23.6 Å². The predicted octanol–water partition coefficient (Wildman–Crippen LogP) is 7.30. The third-order valence-corrected chi connectivity index (χ3v) is 6.18. The highest BCUT2D eigenvalue weighted by atomic mass is 19.4. The number of amidine groups is 1. The maximum atomic E-state index is 13.5. The van der Waals surface area contributed by atoms with Crippen LogP contribution in [0.15, 0.2) is 77.4 Å². The van der Waals surface area contributed by atoms with Crippen LogP contribution < -0.4 is 14.8 Å². The van der Waals surface area contributed by atoms with E-state index in [1.807, 2.05) is 37.3 Å². The zero-order chi connectivity index (χ0) is 29.8. The Morgan fingerprint density at radius 3 is 2.29 bits per heavy atom. The minimum atomic E-state index is -5.02. The standard InChI is InChI=1S/C29H25F6N3O3/c1-3-38-26(36-16-18-7-5-4-6-8-18)23(37-27(38)39)13-19-9-12-24(25(14-19)40-2)41-17-20-10-11-21(28(30,31)32)15-22(20)29(33,34)35/h4-15H,3,16-17H2,1-2H3,(H,37,39)/b23-13-,36-26+. The molecule has 1 fully saturated rings. The number of aliphatic imine (C=N–C) groups is 1. The van der Waals surface area contributed by atoms with Crippen molar-refractivity contribution in [1.29, 1.82) is 0 Å². The lowest BCUT2D eigenvalue weighted by Crippen LogP contribution is -2.30. The first-order valence-electron chi connectivity index (χ1n) is 12.4. The van der Waals surface area contributed by atoms with Crippen LogP contribution in [0.25, 0.3) is 6.08 Å². The highest BCUT2D eigenvalue weighted by Gasteiger charge is 2.38. The van der Waals surface area contributed by atoms with E-state index >= 15 is 0 Å². The monoisotopic (exact) mass is 577 g/mol. The number of rotatable bonds is 8. The minimum absolute atomic E-state index is 0.0671. The zero-order valence-corrected chi connectivity index (χ0v) is 21.9. The van der Waals surface area contributed by atoms with Crippen LogP contribution in [0.5, 0.6) is 11.5 Å². The average molecular weight is 578 g/mol. The molecular weight excluding hydrogens is 552 g/mol. The molecule has 3 aromatic carbocycles. The summed E-state index contributed by atoms with van der Waals surface area (Å²) < 4.78 is 90.3. The molecule has 3 aromatic rings. The van der Waals surface area contributed by atoms with Crippen molar-refractivity contribution in [3.05, 3.63) is 100 Å². The van der Waals surface area contributed by atoms with Crippen molar-refractivity contribution in [2.75, 3.05) is 13.7 Å². The molecule has 4 rings (SSSR count). The zero-order valence-electron chi connectivity index (χ0n) is 21.9. The van der Waals surface area contributed by atoms with Crippen LogP contribution in [0.1, 0.15) is 34.7 Å². The molecule has 1 heterocycles. The van der Waals surface area contributed by atoms with Crippen molar-refractivity contribution in [2.24, 2.45) is 4.99 Å². The van der Waals surface area contributed by atoms with Gasteiger partial charge in [-0.15, -0.1) is 0 Å². The van der Waals surface area contributed by atoms with Gasteiger partial charge in [-0.1, -0.05) is 42.5 Å². The van der Waals surface area contributed by atoms with Crippen molar-refractivity contribution in [3.63, 3.8) is 0 Å². The molecule has 0 spiro atoms. The second-order valence-electron chi connectivity index (χ2n) is 8.92. The third kappa shape index (κ3) is 7.00. The number of amides is 2. The van der Waals surface area contributed by atoms with Gasteiger partial charge in [0.25, 0.3) is 0 Å². The number of hydrogen-bond acceptors (Lipinski definition) is 4. The van der Waals surface area contributed by atoms with Crippen LogP contribution in [0.2, 0.25) is 0 Å². The summed E-state index contributed by atoms with van der Waals surface area (Å²) >= 11 is 0. The van der Waals surface area contributed by atoms with Crippen molar-refractivity contribution in [1.82, 2.24) is 10.2 Å². The number of ether oxygens (including phenoxy) is 2. The summed E-state index contributed by atoms with van der Waals surface area (Å²) in [6, 6.07) is 15.2. The van der Waals surface area contributed by atoms with E-state index in [9.17, 15) is 31.1 Å². The third-order valence-electron chi connectivity index (χ3n) is 6.18. The summed E-state index contributed by atoms with van der Waals surface area (Å²) in [5.74, 6) is 0.688. The van der Waals surface area contributed by atoms with E-state index in [2.05, 4.69) is 10.3 Å². The molecule has 6 nitrogen and oxygen atoms in total. The molecule has 0 unspecified atom stereocenters. The molecule has 0 aliphatic carbocycles. The lowest BCUT2D eigenvalue weighted by atomic mass is 10.0. The largest absolute Gasteiger partial charge is 0.493 e. The summed E-state index contributed by atoms with van der Waals surface area (Å²) in [5.41, 5.74) is -1.34. The fourth-order valence-electron chi connectivity index (χ4n) is 4.15. The molecule has 216 valence electrons. The van der Waals surface area contributed by atoms with Gasteiger partial charge in [0.15, 0.2) is 17.3 Å². The molecule has 1 aliphatic heterocycles. The summed E-state index contributed by atoms with van der Waals surface area (Å²) in [5, 5.41) is 2.78. The number of carbonyl (C=O) groups is 1. The Morgan fingerprint density at radius 1 is 0.927 bits per heavy atom. The van der Waals surface area contributed by atoms with Gasteiger partial charge in [-0.25, -0.2) is 4.79 Å². The molecule has 1 aliphatic rings. The van der Waals surface area contributed by atoms with Crippen LogP contribution in [-0.2, 0) is 25.5 Å². The Hall–Kier alpha value is -4.48. The molecule has 0 radical (unpaired) electrons. The molecule has 0 aromatic heterocycles. The van der Waals surface area contributed by atoms with Gasteiger partial charge in [-0.2, -0.15) is 26.3 Å². The van der Waals surface area contributed by atoms with Gasteiger partial charge in [0.2, 0.25) is 0 Å². The number of halogens is 6. The number of urea groups is 1. The van der Waals surface area contributed by atoms with Gasteiger partial charge in [0.05, 0.1) is 30.5 Å². The van der Waals surface area contributed by atoms with Gasteiger partial charge in [-0.3, -0.25) is 9.89 Å². The number of nitrogens with zero attached hydrogens (tertiary/aromatic N) is 2. The average Bonchev–Trinajstić information content (AvgIpc) is 3.23. The number of nitrogens with one attached hydrogen (secondary N) is 1. The fourth-order valence-corrected chi connectivity index (χ4v) is 4.15. The SMILES string of the molecule is CCN1C(=O)NC(=C\c2ccc(OCc3ccc(C(F)(F)F)cc3C(F)(F)F)c(OC)c2)/C1=N\Cc1ccccc1. The first-order valence-corrected chi connectivity index (χ1v) is 12.4. The van der Waals surface area contributed by atoms with Crippen LogP contribution >= 0.6 is 0 Å². The predicted molar refractivity (Wildman–Crippen MR) is 140 cm³/mol. The van der Waals surface area contributed by atoms with Gasteiger partial charge < -0.3 is 14.8 Å². The van der Waals surface area contributed by atoms with E-state index in [1.165, 1.54) is 18.1 Å². The smallest absolute Gasteiger partial charge is 0.416 e. The normalized spacial score (nSPS) is 15.9. The summed E-state index contributed by atoms with van der Waals surface area (Å²) in [6.45, 7) is 1.90. The maximum absolute atomic E-state index is 13.5. The number of hydrogen-bond donors (Lipinski definition) is 1. The molecule has 1 N–H and O–H groups in total. The van der Waals surface area contributed by atoms with Gasteiger partial charge in [0, 0.05) is 12.1 Å². The molecule has 0 atom stereocenters. The lowest BCUT2D eigenvalue weighted by molar-refractivity contribution is -0.143. The number of alkyl halides is 6. The Kier molecular flexibility index (Phi) is 8.60. The van der Waals surface area contributed by atoms with Crippen molar-refractivity contribution in [2.45, 2.75) is 32.4 Å². The first-order chi connectivity index (χ1) is 19.4. The first kappa shape index (κ1) is 29.5. The van der Waals surface area contributed by atoms with E-state index < -0.39 is 35.6 Å². The number of benzene rings is 3. The van der Waals surface area contributed by atoms with E-state index in [0.29, 0.717) is 36.3 Å². The highest BCUT2D eigenvalue weighted by Crippen LogP contribution is 2.38. The molecular formula is C29H25F6N3O3. The van der Waals surface area contributed by atoms with E-state index in [0.717, 1.165) is 11.6 Å². The number of methoxy groups -OCH3 is 1. The molecule has 0 bridgehead atoms. The quantitative estimate of drug-likeness (QED) is 0.286. The Bertz CT molecular complexity index is 1470. The molecule has 0 saturated carbocycles. The second kappa shape index (κ2) is 11.9. The molecule has 12 heteroatoms. The van der Waals surface area contributed by atoms with Crippen LogP contribution in [-0.4, -0.2) is 30.4 Å². The molecule has 2 amide bonds. The van der Waals surface area contributed by atoms with E-state index in [1.54, 1.807) is 18.2 Å². The minimum Gasteiger partial charge on any atom is -0.493 e. The summed E-state index contributed by atoms with van der Waals surface area (Å²) in [6.07, 6.45) is -8.27. The van der Waals surface area contributed by atoms with Gasteiger partial charge in [-0.05, 0) is 48.4 Å². The molecule has 41 heavy (non-hydrogen) atoms. The fraction of sp³-hybridized carbons (Fsp3) is 0.241. The highest BCUT2D eigenvalue weighted by molar-refractivity contribution is 6.16.